The van der Waals surface area contributed by atoms with Crippen molar-refractivity contribution < 1.29 is 19.8 Å². The molecule has 0 fully saturated rings. The predicted octanol–water partition coefficient (Wildman–Crippen LogP) is 1.21. The maximum atomic E-state index is 12.0. The third-order valence-electron chi connectivity index (χ3n) is 2.87. The molecular weight excluding hydrogens is 272 g/mol. The summed E-state index contributed by atoms with van der Waals surface area (Å²) in [6.45, 7) is 0. The van der Waals surface area contributed by atoms with Crippen LogP contribution in [-0.2, 0) is 11.2 Å². The van der Waals surface area contributed by atoms with E-state index in [9.17, 15) is 19.8 Å². The summed E-state index contributed by atoms with van der Waals surface area (Å²) < 4.78 is 0. The molecule has 6 heteroatoms. The van der Waals surface area contributed by atoms with Crippen molar-refractivity contribution in [3.05, 3.63) is 59.9 Å². The highest BCUT2D eigenvalue weighted by Gasteiger charge is 2.21. The van der Waals surface area contributed by atoms with E-state index >= 15 is 0 Å². The van der Waals surface area contributed by atoms with Gasteiger partial charge in [-0.1, -0.05) is 30.3 Å². The SMILES string of the molecule is O=C(NC(Cc1ccccc1)C(=O)O)c1cncc(O)c1. The van der Waals surface area contributed by atoms with E-state index in [4.69, 9.17) is 0 Å². The molecule has 1 atom stereocenters. The van der Waals surface area contributed by atoms with Crippen molar-refractivity contribution in [3.8, 4) is 5.75 Å². The lowest BCUT2D eigenvalue weighted by Crippen LogP contribution is -2.42. The zero-order valence-corrected chi connectivity index (χ0v) is 11.1. The molecule has 2 rings (SSSR count). The number of aromatic hydroxyl groups is 1. The van der Waals surface area contributed by atoms with Crippen LogP contribution in [0.15, 0.2) is 48.8 Å². The molecule has 6 nitrogen and oxygen atoms in total. The number of nitrogens with zero attached hydrogens (tertiary/aromatic N) is 1. The molecule has 0 aliphatic rings. The Morgan fingerprint density at radius 3 is 2.52 bits per heavy atom. The average Bonchev–Trinajstić information content (AvgIpc) is 2.47. The first-order valence-electron chi connectivity index (χ1n) is 6.28. The maximum Gasteiger partial charge on any atom is 0.326 e. The quantitative estimate of drug-likeness (QED) is 0.767. The van der Waals surface area contributed by atoms with Gasteiger partial charge in [-0.3, -0.25) is 9.78 Å². The number of aliphatic carboxylic acids is 1. The van der Waals surface area contributed by atoms with Crippen LogP contribution in [0.4, 0.5) is 0 Å². The lowest BCUT2D eigenvalue weighted by Gasteiger charge is -2.14. The molecule has 2 aromatic rings. The maximum absolute atomic E-state index is 12.0. The Morgan fingerprint density at radius 2 is 1.90 bits per heavy atom. The van der Waals surface area contributed by atoms with Crippen molar-refractivity contribution in [3.63, 3.8) is 0 Å². The Labute approximate surface area is 121 Å². The molecule has 0 aliphatic heterocycles. The van der Waals surface area contributed by atoms with E-state index in [1.165, 1.54) is 18.5 Å². The third kappa shape index (κ3) is 4.04. The van der Waals surface area contributed by atoms with E-state index in [-0.39, 0.29) is 17.7 Å². The molecule has 1 aromatic heterocycles. The summed E-state index contributed by atoms with van der Waals surface area (Å²) in [6, 6.07) is 9.18. The van der Waals surface area contributed by atoms with Crippen LogP contribution in [-0.4, -0.2) is 33.1 Å². The molecule has 21 heavy (non-hydrogen) atoms. The number of nitrogens with one attached hydrogen (secondary N) is 1. The zero-order valence-electron chi connectivity index (χ0n) is 11.1. The second kappa shape index (κ2) is 6.51. The Balaban J connectivity index is 2.10. The fourth-order valence-electron chi connectivity index (χ4n) is 1.84. The van der Waals surface area contributed by atoms with Gasteiger partial charge in [0.15, 0.2) is 0 Å². The molecule has 0 spiro atoms. The molecule has 0 radical (unpaired) electrons. The van der Waals surface area contributed by atoms with Crippen molar-refractivity contribution in [2.45, 2.75) is 12.5 Å². The van der Waals surface area contributed by atoms with Gasteiger partial charge in [-0.05, 0) is 11.6 Å². The van der Waals surface area contributed by atoms with E-state index in [0.29, 0.717) is 0 Å². The smallest absolute Gasteiger partial charge is 0.326 e. The molecule has 1 heterocycles. The van der Waals surface area contributed by atoms with Crippen molar-refractivity contribution in [1.82, 2.24) is 10.3 Å². The van der Waals surface area contributed by atoms with Crippen LogP contribution in [0.3, 0.4) is 0 Å². The van der Waals surface area contributed by atoms with Crippen LogP contribution >= 0.6 is 0 Å². The van der Waals surface area contributed by atoms with Gasteiger partial charge in [0.05, 0.1) is 11.8 Å². The lowest BCUT2D eigenvalue weighted by molar-refractivity contribution is -0.139. The first kappa shape index (κ1) is 14.5. The Hall–Kier alpha value is -2.89. The lowest BCUT2D eigenvalue weighted by atomic mass is 10.1. The van der Waals surface area contributed by atoms with Gasteiger partial charge in [0.25, 0.3) is 5.91 Å². The number of amides is 1. The second-order valence-electron chi connectivity index (χ2n) is 4.49. The number of hydrogen-bond donors (Lipinski definition) is 3. The number of aromatic nitrogens is 1. The van der Waals surface area contributed by atoms with Crippen molar-refractivity contribution in [1.29, 1.82) is 0 Å². The van der Waals surface area contributed by atoms with Gasteiger partial charge < -0.3 is 15.5 Å². The van der Waals surface area contributed by atoms with Gasteiger partial charge in [-0.25, -0.2) is 4.79 Å². The summed E-state index contributed by atoms with van der Waals surface area (Å²) in [5.74, 6) is -1.88. The zero-order chi connectivity index (χ0) is 15.2. The van der Waals surface area contributed by atoms with E-state index in [1.54, 1.807) is 24.3 Å². The number of carboxylic acid groups (broad SMARTS) is 1. The monoisotopic (exact) mass is 286 g/mol. The van der Waals surface area contributed by atoms with Crippen LogP contribution in [0.5, 0.6) is 5.75 Å². The first-order chi connectivity index (χ1) is 10.1. The van der Waals surface area contributed by atoms with Crippen molar-refractivity contribution in [2.24, 2.45) is 0 Å². The summed E-state index contributed by atoms with van der Waals surface area (Å²) in [7, 11) is 0. The summed E-state index contributed by atoms with van der Waals surface area (Å²) in [5, 5.41) is 20.9. The molecule has 0 bridgehead atoms. The first-order valence-corrected chi connectivity index (χ1v) is 6.28. The molecule has 1 amide bonds. The number of carbonyl (C=O) groups excluding carboxylic acids is 1. The highest BCUT2D eigenvalue weighted by molar-refractivity contribution is 5.96. The molecule has 1 unspecified atom stereocenters. The average molecular weight is 286 g/mol. The third-order valence-corrected chi connectivity index (χ3v) is 2.87. The summed E-state index contributed by atoms with van der Waals surface area (Å²) in [5.41, 5.74) is 0.911. The van der Waals surface area contributed by atoms with Crippen LogP contribution < -0.4 is 5.32 Å². The molecular formula is C15H14N2O4. The van der Waals surface area contributed by atoms with Crippen molar-refractivity contribution in [2.75, 3.05) is 0 Å². The number of carboxylic acids is 1. The molecule has 3 N–H and O–H groups in total. The van der Waals surface area contributed by atoms with E-state index in [2.05, 4.69) is 10.3 Å². The number of pyridine rings is 1. The van der Waals surface area contributed by atoms with Gasteiger partial charge in [-0.2, -0.15) is 0 Å². The molecule has 108 valence electrons. The van der Waals surface area contributed by atoms with Gasteiger partial charge in [-0.15, -0.1) is 0 Å². The largest absolute Gasteiger partial charge is 0.506 e. The molecule has 0 saturated heterocycles. The number of carbonyl (C=O) groups is 2. The van der Waals surface area contributed by atoms with Gasteiger partial charge in [0, 0.05) is 12.6 Å². The minimum atomic E-state index is -1.12. The molecule has 0 saturated carbocycles. The number of benzene rings is 1. The molecule has 1 aromatic carbocycles. The topological polar surface area (TPSA) is 99.5 Å². The van der Waals surface area contributed by atoms with Crippen molar-refractivity contribution >= 4 is 11.9 Å². The van der Waals surface area contributed by atoms with E-state index in [0.717, 1.165) is 5.56 Å². The van der Waals surface area contributed by atoms with Gasteiger partial charge in [0.2, 0.25) is 0 Å². The van der Waals surface area contributed by atoms with Gasteiger partial charge in [0.1, 0.15) is 11.8 Å². The van der Waals surface area contributed by atoms with E-state index in [1.807, 2.05) is 6.07 Å². The fourth-order valence-corrected chi connectivity index (χ4v) is 1.84. The second-order valence-corrected chi connectivity index (χ2v) is 4.49. The summed E-state index contributed by atoms with van der Waals surface area (Å²) in [6.07, 6.45) is 2.63. The Bertz CT molecular complexity index is 643. The normalized spacial score (nSPS) is 11.6. The van der Waals surface area contributed by atoms with Crippen LogP contribution in [0.25, 0.3) is 0 Å². The van der Waals surface area contributed by atoms with Gasteiger partial charge >= 0.3 is 5.97 Å². The molecule has 0 aliphatic carbocycles. The summed E-state index contributed by atoms with van der Waals surface area (Å²) >= 11 is 0. The van der Waals surface area contributed by atoms with Crippen LogP contribution in [0.1, 0.15) is 15.9 Å². The van der Waals surface area contributed by atoms with Crippen LogP contribution in [0, 0.1) is 0 Å². The Kier molecular flexibility index (Phi) is 4.50. The predicted molar refractivity (Wildman–Crippen MR) is 74.9 cm³/mol. The fraction of sp³-hybridized carbons (Fsp3) is 0.133. The van der Waals surface area contributed by atoms with E-state index < -0.39 is 17.9 Å². The minimum Gasteiger partial charge on any atom is -0.506 e. The Morgan fingerprint density at radius 1 is 1.19 bits per heavy atom. The highest BCUT2D eigenvalue weighted by Crippen LogP contribution is 2.09. The standard InChI is InChI=1S/C15H14N2O4/c18-12-7-11(8-16-9-12)14(19)17-13(15(20)21)6-10-4-2-1-3-5-10/h1-5,7-9,13,18H,6H2,(H,17,19)(H,20,21). The number of hydrogen-bond acceptors (Lipinski definition) is 4. The summed E-state index contributed by atoms with van der Waals surface area (Å²) in [4.78, 5) is 26.9. The number of rotatable bonds is 5. The highest BCUT2D eigenvalue weighted by atomic mass is 16.4. The minimum absolute atomic E-state index is 0.106. The van der Waals surface area contributed by atoms with Crippen LogP contribution in [0.2, 0.25) is 0 Å².